The molecule has 136 valence electrons. The molecule has 2 aliphatic carbocycles. The molecule has 1 fully saturated rings. The Balaban J connectivity index is 1.63. The number of hydrogen-bond acceptors (Lipinski definition) is 4. The Morgan fingerprint density at radius 1 is 1.19 bits per heavy atom. The van der Waals surface area contributed by atoms with E-state index in [-0.39, 0.29) is 23.3 Å². The summed E-state index contributed by atoms with van der Waals surface area (Å²) in [6, 6.07) is 3.86. The van der Waals surface area contributed by atoms with Gasteiger partial charge in [-0.2, -0.15) is 0 Å². The van der Waals surface area contributed by atoms with E-state index in [1.165, 1.54) is 12.8 Å². The molecule has 26 heavy (non-hydrogen) atoms. The van der Waals surface area contributed by atoms with Gasteiger partial charge >= 0.3 is 0 Å². The third kappa shape index (κ3) is 3.48. The Hall–Kier alpha value is -2.30. The van der Waals surface area contributed by atoms with E-state index in [0.717, 1.165) is 48.3 Å². The van der Waals surface area contributed by atoms with Crippen LogP contribution in [0.1, 0.15) is 63.3 Å². The van der Waals surface area contributed by atoms with Crippen molar-refractivity contribution in [3.63, 3.8) is 0 Å². The highest BCUT2D eigenvalue weighted by atomic mass is 16.1. The molecule has 0 unspecified atom stereocenters. The van der Waals surface area contributed by atoms with Crippen molar-refractivity contribution in [3.8, 4) is 11.4 Å². The molecule has 0 saturated heterocycles. The number of aromatic nitrogens is 3. The SMILES string of the molecule is CC1(C)Cc2nc(-c3ccncc3)ncc2[C@H](NC(=O)C2CCCC2)C1. The second-order valence-corrected chi connectivity index (χ2v) is 8.42. The van der Waals surface area contributed by atoms with Crippen molar-refractivity contribution in [1.29, 1.82) is 0 Å². The summed E-state index contributed by atoms with van der Waals surface area (Å²) in [5, 5.41) is 3.30. The minimum Gasteiger partial charge on any atom is -0.349 e. The van der Waals surface area contributed by atoms with E-state index in [9.17, 15) is 4.79 Å². The van der Waals surface area contributed by atoms with E-state index in [2.05, 4.69) is 29.1 Å². The summed E-state index contributed by atoms with van der Waals surface area (Å²) in [5.74, 6) is 1.11. The van der Waals surface area contributed by atoms with E-state index in [4.69, 9.17) is 4.98 Å². The molecule has 0 aliphatic heterocycles. The minimum absolute atomic E-state index is 0.00772. The van der Waals surface area contributed by atoms with E-state index in [1.54, 1.807) is 12.4 Å². The lowest BCUT2D eigenvalue weighted by Crippen LogP contribution is -2.39. The van der Waals surface area contributed by atoms with Crippen molar-refractivity contribution in [2.24, 2.45) is 11.3 Å². The first-order valence-electron chi connectivity index (χ1n) is 9.58. The van der Waals surface area contributed by atoms with Gasteiger partial charge in [-0.3, -0.25) is 9.78 Å². The van der Waals surface area contributed by atoms with Gasteiger partial charge in [-0.1, -0.05) is 26.7 Å². The summed E-state index contributed by atoms with van der Waals surface area (Å²) in [6.45, 7) is 4.50. The third-order valence-electron chi connectivity index (χ3n) is 5.66. The van der Waals surface area contributed by atoms with Crippen LogP contribution in [0.25, 0.3) is 11.4 Å². The number of nitrogens with one attached hydrogen (secondary N) is 1. The largest absolute Gasteiger partial charge is 0.349 e. The average molecular weight is 350 g/mol. The second-order valence-electron chi connectivity index (χ2n) is 8.42. The van der Waals surface area contributed by atoms with Crippen molar-refractivity contribution < 1.29 is 4.79 Å². The molecule has 0 bridgehead atoms. The monoisotopic (exact) mass is 350 g/mol. The zero-order valence-electron chi connectivity index (χ0n) is 15.5. The van der Waals surface area contributed by atoms with Crippen molar-refractivity contribution in [2.75, 3.05) is 0 Å². The highest BCUT2D eigenvalue weighted by Crippen LogP contribution is 2.40. The molecule has 1 saturated carbocycles. The quantitative estimate of drug-likeness (QED) is 0.913. The Morgan fingerprint density at radius 2 is 1.92 bits per heavy atom. The van der Waals surface area contributed by atoms with Gasteiger partial charge in [-0.05, 0) is 43.2 Å². The molecular weight excluding hydrogens is 324 g/mol. The molecule has 5 nitrogen and oxygen atoms in total. The third-order valence-corrected chi connectivity index (χ3v) is 5.66. The van der Waals surface area contributed by atoms with Crippen LogP contribution >= 0.6 is 0 Å². The van der Waals surface area contributed by atoms with Gasteiger partial charge in [0, 0.05) is 35.6 Å². The molecule has 1 atom stereocenters. The van der Waals surface area contributed by atoms with E-state index >= 15 is 0 Å². The minimum atomic E-state index is 0.00772. The second kappa shape index (κ2) is 6.78. The number of rotatable bonds is 3. The van der Waals surface area contributed by atoms with Crippen molar-refractivity contribution in [3.05, 3.63) is 42.0 Å². The first kappa shape index (κ1) is 17.1. The van der Waals surface area contributed by atoms with Gasteiger partial charge in [0.1, 0.15) is 0 Å². The van der Waals surface area contributed by atoms with Crippen LogP contribution in [0.2, 0.25) is 0 Å². The number of carbonyl (C=O) groups excluding carboxylic acids is 1. The van der Waals surface area contributed by atoms with Crippen molar-refractivity contribution >= 4 is 5.91 Å². The Bertz CT molecular complexity index is 797. The van der Waals surface area contributed by atoms with E-state index < -0.39 is 0 Å². The molecule has 1 N–H and O–H groups in total. The fourth-order valence-electron chi connectivity index (χ4n) is 4.29. The molecular formula is C21H26N4O. The summed E-state index contributed by atoms with van der Waals surface area (Å²) in [7, 11) is 0. The zero-order valence-corrected chi connectivity index (χ0v) is 15.5. The normalized spacial score (nSPS) is 22.0. The Labute approximate surface area is 154 Å². The van der Waals surface area contributed by atoms with Gasteiger partial charge in [-0.15, -0.1) is 0 Å². The molecule has 2 aliphatic rings. The van der Waals surface area contributed by atoms with Gasteiger partial charge < -0.3 is 5.32 Å². The summed E-state index contributed by atoms with van der Waals surface area (Å²) < 4.78 is 0. The lowest BCUT2D eigenvalue weighted by atomic mass is 9.74. The van der Waals surface area contributed by atoms with Crippen LogP contribution in [0.3, 0.4) is 0 Å². The molecule has 2 heterocycles. The molecule has 1 amide bonds. The van der Waals surface area contributed by atoms with Crippen molar-refractivity contribution in [2.45, 2.75) is 58.4 Å². The number of amides is 1. The van der Waals surface area contributed by atoms with E-state index in [0.29, 0.717) is 0 Å². The zero-order chi connectivity index (χ0) is 18.1. The first-order chi connectivity index (χ1) is 12.5. The Kier molecular flexibility index (Phi) is 4.47. The smallest absolute Gasteiger partial charge is 0.223 e. The maximum Gasteiger partial charge on any atom is 0.223 e. The van der Waals surface area contributed by atoms with E-state index in [1.807, 2.05) is 18.3 Å². The first-order valence-corrected chi connectivity index (χ1v) is 9.58. The van der Waals surface area contributed by atoms with Crippen LogP contribution in [0.15, 0.2) is 30.7 Å². The summed E-state index contributed by atoms with van der Waals surface area (Å²) in [6.07, 6.45) is 11.6. The van der Waals surface area contributed by atoms with Gasteiger partial charge in [0.25, 0.3) is 0 Å². The van der Waals surface area contributed by atoms with Gasteiger partial charge in [0.15, 0.2) is 5.82 Å². The standard InChI is InChI=1S/C21H26N4O/c1-21(2)11-17-16(13-23-19(24-17)14-7-9-22-10-8-14)18(12-21)25-20(26)15-5-3-4-6-15/h7-10,13,15,18H,3-6,11-12H2,1-2H3,(H,25,26)/t18-/m1/s1. The van der Waals surface area contributed by atoms with Crippen LogP contribution in [0.5, 0.6) is 0 Å². The molecule has 2 aromatic rings. The van der Waals surface area contributed by atoms with Crippen LogP contribution in [0.4, 0.5) is 0 Å². The van der Waals surface area contributed by atoms with Gasteiger partial charge in [-0.25, -0.2) is 9.97 Å². The molecule has 2 aromatic heterocycles. The van der Waals surface area contributed by atoms with Crippen LogP contribution < -0.4 is 5.32 Å². The maximum absolute atomic E-state index is 12.7. The van der Waals surface area contributed by atoms with Crippen LogP contribution in [0, 0.1) is 11.3 Å². The number of nitrogens with zero attached hydrogens (tertiary/aromatic N) is 3. The fraction of sp³-hybridized carbons (Fsp3) is 0.524. The topological polar surface area (TPSA) is 67.8 Å². The maximum atomic E-state index is 12.7. The van der Waals surface area contributed by atoms with Gasteiger partial charge in [0.05, 0.1) is 11.7 Å². The van der Waals surface area contributed by atoms with Gasteiger partial charge in [0.2, 0.25) is 5.91 Å². The number of carbonyl (C=O) groups is 1. The number of hydrogen-bond donors (Lipinski definition) is 1. The molecule has 0 radical (unpaired) electrons. The number of fused-ring (bicyclic) bond motifs is 1. The highest BCUT2D eigenvalue weighted by molar-refractivity contribution is 5.79. The molecule has 5 heteroatoms. The summed E-state index contributed by atoms with van der Waals surface area (Å²) in [5.41, 5.74) is 3.20. The predicted molar refractivity (Wildman–Crippen MR) is 100 cm³/mol. The lowest BCUT2D eigenvalue weighted by Gasteiger charge is -2.37. The van der Waals surface area contributed by atoms with Crippen molar-refractivity contribution in [1.82, 2.24) is 20.3 Å². The molecule has 0 spiro atoms. The lowest BCUT2D eigenvalue weighted by molar-refractivity contribution is -0.125. The molecule has 0 aromatic carbocycles. The number of pyridine rings is 1. The molecule has 4 rings (SSSR count). The average Bonchev–Trinajstić information content (AvgIpc) is 3.16. The Morgan fingerprint density at radius 3 is 2.65 bits per heavy atom. The van der Waals surface area contributed by atoms with Crippen LogP contribution in [-0.2, 0) is 11.2 Å². The highest BCUT2D eigenvalue weighted by Gasteiger charge is 2.35. The summed E-state index contributed by atoms with van der Waals surface area (Å²) in [4.78, 5) is 26.1. The predicted octanol–water partition coefficient (Wildman–Crippen LogP) is 3.86. The van der Waals surface area contributed by atoms with Crippen LogP contribution in [-0.4, -0.2) is 20.9 Å². The summed E-state index contributed by atoms with van der Waals surface area (Å²) >= 11 is 0. The fourth-order valence-corrected chi connectivity index (χ4v) is 4.29.